The molecule has 0 bridgehead atoms. The number of fused-ring (bicyclic) bond motifs is 2. The molecule has 9 nitrogen and oxygen atoms in total. The highest BCUT2D eigenvalue weighted by Gasteiger charge is 2.56. The molecule has 0 unspecified atom stereocenters. The van der Waals surface area contributed by atoms with Crippen LogP contribution in [0.2, 0.25) is 5.02 Å². The molecule has 4 aromatic rings. The number of anilines is 2. The number of phenols is 1. The Bertz CT molecular complexity index is 1740. The van der Waals surface area contributed by atoms with Crippen LogP contribution in [0.5, 0.6) is 11.5 Å². The molecule has 3 N–H and O–H groups in total. The standard InChI is InChI=1S/C28H19BrClN3O6S2/c29-13-1-10-19(39-12-20(35)31-15-4-8-17(34)9-5-15)18(11-13)21-22-24(40-25-23(21)41-28(38)32-25)27(37)33(26(22)36)16-6-2-14(30)3-7-16/h1-11,21-22,24,34H,12H2,(H,31,35)(H,32,38)/t21-,22-,24+/m0/s1. The number of amides is 3. The summed E-state index contributed by atoms with van der Waals surface area (Å²) in [6.07, 6.45) is 0. The lowest BCUT2D eigenvalue weighted by Crippen LogP contribution is -2.32. The van der Waals surface area contributed by atoms with E-state index in [1.165, 1.54) is 28.8 Å². The fourth-order valence-electron chi connectivity index (χ4n) is 4.98. The number of halogens is 2. The first-order valence-electron chi connectivity index (χ1n) is 12.2. The maximum Gasteiger partial charge on any atom is 0.305 e. The minimum Gasteiger partial charge on any atom is -0.508 e. The maximum atomic E-state index is 14.0. The van der Waals surface area contributed by atoms with Gasteiger partial charge in [0.15, 0.2) is 6.61 Å². The number of phenolic OH excluding ortho intramolecular Hbond substituents is 1. The molecule has 0 aliphatic carbocycles. The van der Waals surface area contributed by atoms with Crippen molar-refractivity contribution in [1.29, 1.82) is 0 Å². The van der Waals surface area contributed by atoms with E-state index in [4.69, 9.17) is 16.3 Å². The van der Waals surface area contributed by atoms with Crippen LogP contribution in [0.15, 0.2) is 81.0 Å². The fraction of sp³-hybridized carbons (Fsp3) is 0.143. The van der Waals surface area contributed by atoms with Crippen molar-refractivity contribution >= 4 is 79.7 Å². The minimum atomic E-state index is -0.829. The van der Waals surface area contributed by atoms with Crippen LogP contribution in [0.25, 0.3) is 0 Å². The lowest BCUT2D eigenvalue weighted by atomic mass is 9.82. The molecule has 0 spiro atoms. The third-order valence-corrected chi connectivity index (χ3v) is 9.87. The Morgan fingerprint density at radius 2 is 1.78 bits per heavy atom. The van der Waals surface area contributed by atoms with Crippen LogP contribution in [0.4, 0.5) is 11.4 Å². The van der Waals surface area contributed by atoms with Gasteiger partial charge in [-0.25, -0.2) is 4.90 Å². The largest absolute Gasteiger partial charge is 0.508 e. The summed E-state index contributed by atoms with van der Waals surface area (Å²) >= 11 is 11.7. The zero-order valence-corrected chi connectivity index (χ0v) is 24.8. The molecule has 41 heavy (non-hydrogen) atoms. The van der Waals surface area contributed by atoms with E-state index in [1.807, 2.05) is 0 Å². The number of nitrogens with zero attached hydrogens (tertiary/aromatic N) is 1. The van der Waals surface area contributed by atoms with Gasteiger partial charge in [0.2, 0.25) is 11.8 Å². The average Bonchev–Trinajstić information content (AvgIpc) is 3.44. The lowest BCUT2D eigenvalue weighted by Gasteiger charge is -2.31. The van der Waals surface area contributed by atoms with E-state index >= 15 is 0 Å². The fourth-order valence-corrected chi connectivity index (χ4v) is 7.99. The summed E-state index contributed by atoms with van der Waals surface area (Å²) in [5.41, 5.74) is 1.45. The molecule has 1 saturated heterocycles. The highest BCUT2D eigenvalue weighted by molar-refractivity contribution is 9.10. The van der Waals surface area contributed by atoms with E-state index < -0.39 is 28.9 Å². The zero-order chi connectivity index (χ0) is 28.8. The average molecular weight is 673 g/mol. The Balaban J connectivity index is 1.36. The van der Waals surface area contributed by atoms with Gasteiger partial charge in [0, 0.05) is 31.5 Å². The summed E-state index contributed by atoms with van der Waals surface area (Å²) in [6, 6.07) is 17.7. The van der Waals surface area contributed by atoms with E-state index in [-0.39, 0.29) is 23.1 Å². The van der Waals surface area contributed by atoms with E-state index in [9.17, 15) is 24.3 Å². The van der Waals surface area contributed by atoms with E-state index in [1.54, 1.807) is 54.6 Å². The number of hydrogen-bond acceptors (Lipinski definition) is 8. The number of rotatable bonds is 6. The second-order valence-electron chi connectivity index (χ2n) is 9.30. The molecule has 208 valence electrons. The number of thioether (sulfide) groups is 1. The summed E-state index contributed by atoms with van der Waals surface area (Å²) in [5.74, 6) is -2.34. The summed E-state index contributed by atoms with van der Waals surface area (Å²) in [4.78, 5) is 57.0. The van der Waals surface area contributed by atoms with Crippen LogP contribution in [-0.2, 0) is 14.4 Å². The molecule has 3 atom stereocenters. The number of aromatic hydroxyl groups is 1. The summed E-state index contributed by atoms with van der Waals surface area (Å²) < 4.78 is 6.66. The number of aromatic nitrogens is 1. The van der Waals surface area contributed by atoms with E-state index in [2.05, 4.69) is 26.2 Å². The Labute approximate surface area is 254 Å². The highest BCUT2D eigenvalue weighted by Crippen LogP contribution is 2.54. The Kier molecular flexibility index (Phi) is 7.41. The number of imide groups is 1. The molecule has 6 rings (SSSR count). The topological polar surface area (TPSA) is 129 Å². The van der Waals surface area contributed by atoms with Gasteiger partial charge in [-0.05, 0) is 66.7 Å². The molecule has 3 aromatic carbocycles. The predicted molar refractivity (Wildman–Crippen MR) is 160 cm³/mol. The van der Waals surface area contributed by atoms with Gasteiger partial charge < -0.3 is 20.1 Å². The first-order chi connectivity index (χ1) is 19.7. The van der Waals surface area contributed by atoms with Gasteiger partial charge in [0.25, 0.3) is 5.91 Å². The number of carbonyl (C=O) groups excluding carboxylic acids is 3. The molecule has 3 heterocycles. The Hall–Kier alpha value is -3.58. The number of benzene rings is 3. The van der Waals surface area contributed by atoms with Crippen molar-refractivity contribution in [3.8, 4) is 11.5 Å². The lowest BCUT2D eigenvalue weighted by molar-refractivity contribution is -0.122. The second-order valence-corrected chi connectivity index (χ2v) is 12.8. The van der Waals surface area contributed by atoms with Crippen molar-refractivity contribution in [1.82, 2.24) is 4.98 Å². The quantitative estimate of drug-likeness (QED) is 0.186. The van der Waals surface area contributed by atoms with Gasteiger partial charge in [-0.3, -0.25) is 19.2 Å². The van der Waals surface area contributed by atoms with Crippen LogP contribution >= 0.6 is 50.6 Å². The maximum absolute atomic E-state index is 14.0. The summed E-state index contributed by atoms with van der Waals surface area (Å²) in [5, 5.41) is 12.4. The molecular formula is C28H19BrClN3O6S2. The molecule has 3 amide bonds. The van der Waals surface area contributed by atoms with Gasteiger partial charge in [-0.1, -0.05) is 50.6 Å². The molecule has 2 aliphatic heterocycles. The van der Waals surface area contributed by atoms with E-state index in [0.29, 0.717) is 42.1 Å². The Morgan fingerprint density at radius 1 is 1.05 bits per heavy atom. The Morgan fingerprint density at radius 3 is 2.51 bits per heavy atom. The number of ether oxygens (including phenoxy) is 1. The van der Waals surface area contributed by atoms with Gasteiger partial charge in [-0.15, -0.1) is 0 Å². The molecule has 1 fully saturated rings. The van der Waals surface area contributed by atoms with Crippen LogP contribution in [-0.4, -0.2) is 39.7 Å². The first kappa shape index (κ1) is 27.6. The van der Waals surface area contributed by atoms with Crippen molar-refractivity contribution in [3.05, 3.63) is 96.3 Å². The minimum absolute atomic E-state index is 0.0729. The van der Waals surface area contributed by atoms with Crippen molar-refractivity contribution in [2.45, 2.75) is 16.2 Å². The number of thiazole rings is 1. The molecule has 2 aliphatic rings. The molecule has 0 saturated carbocycles. The van der Waals surface area contributed by atoms with Crippen molar-refractivity contribution in [2.75, 3.05) is 16.8 Å². The summed E-state index contributed by atoms with van der Waals surface area (Å²) in [7, 11) is 0. The van der Waals surface area contributed by atoms with Crippen molar-refractivity contribution in [2.24, 2.45) is 5.92 Å². The number of carbonyl (C=O) groups is 3. The third kappa shape index (κ3) is 5.28. The number of aromatic amines is 1. The van der Waals surface area contributed by atoms with Gasteiger partial charge >= 0.3 is 4.87 Å². The zero-order valence-electron chi connectivity index (χ0n) is 20.8. The first-order valence-corrected chi connectivity index (χ1v) is 15.1. The summed E-state index contributed by atoms with van der Waals surface area (Å²) in [6.45, 7) is -0.342. The van der Waals surface area contributed by atoms with Crippen LogP contribution in [0.1, 0.15) is 16.4 Å². The number of hydrogen-bond donors (Lipinski definition) is 3. The van der Waals surface area contributed by atoms with Gasteiger partial charge in [-0.2, -0.15) is 0 Å². The van der Waals surface area contributed by atoms with E-state index in [0.717, 1.165) is 11.3 Å². The molecule has 13 heteroatoms. The predicted octanol–water partition coefficient (Wildman–Crippen LogP) is 5.37. The second kappa shape index (κ2) is 11.0. The normalized spacial score (nSPS) is 19.6. The monoisotopic (exact) mass is 671 g/mol. The molecule has 1 aromatic heterocycles. The smallest absolute Gasteiger partial charge is 0.305 e. The van der Waals surface area contributed by atoms with Gasteiger partial charge in [0.1, 0.15) is 16.7 Å². The van der Waals surface area contributed by atoms with Gasteiger partial charge in [0.05, 0.1) is 16.6 Å². The van der Waals surface area contributed by atoms with Crippen LogP contribution in [0, 0.1) is 5.92 Å². The molecular weight excluding hydrogens is 654 g/mol. The third-order valence-electron chi connectivity index (χ3n) is 6.73. The number of nitrogens with one attached hydrogen (secondary N) is 2. The van der Waals surface area contributed by atoms with Crippen LogP contribution < -0.4 is 19.8 Å². The van der Waals surface area contributed by atoms with Crippen LogP contribution in [0.3, 0.4) is 0 Å². The highest BCUT2D eigenvalue weighted by atomic mass is 79.9. The van der Waals surface area contributed by atoms with Crippen molar-refractivity contribution in [3.63, 3.8) is 0 Å². The molecule has 0 radical (unpaired) electrons. The van der Waals surface area contributed by atoms with Crippen molar-refractivity contribution < 1.29 is 24.2 Å². The number of H-pyrrole nitrogens is 1. The SMILES string of the molecule is O=C(COc1ccc(Br)cc1[C@@H]1c2sc(=O)[nH]c2S[C@H]2C(=O)N(c3ccc(Cl)cc3)C(=O)[C@@H]12)Nc1ccc(O)cc1.